The van der Waals surface area contributed by atoms with Gasteiger partial charge in [0, 0.05) is 35.3 Å². The largest absolute Gasteiger partial charge is 0.466 e. The average molecular weight is 359 g/mol. The normalized spacial score (nSPS) is 44.2. The van der Waals surface area contributed by atoms with Crippen molar-refractivity contribution >= 4 is 11.9 Å². The van der Waals surface area contributed by atoms with Crippen LogP contribution in [0.15, 0.2) is 23.3 Å². The molecule has 2 saturated heterocycles. The number of methoxy groups -OCH3 is 2. The zero-order chi connectivity index (χ0) is 18.4. The summed E-state index contributed by atoms with van der Waals surface area (Å²) in [5.41, 5.74) is 1.02. The number of carbonyl (C=O) groups is 2. The molecular weight excluding hydrogens is 334 g/mol. The van der Waals surface area contributed by atoms with E-state index in [1.54, 1.807) is 0 Å². The van der Waals surface area contributed by atoms with Crippen molar-refractivity contribution in [2.45, 2.75) is 44.4 Å². The molecule has 4 aliphatic carbocycles. The second kappa shape index (κ2) is 5.20. The number of hydrogen-bond acceptors (Lipinski definition) is 6. The summed E-state index contributed by atoms with van der Waals surface area (Å²) < 4.78 is 10.0. The van der Waals surface area contributed by atoms with Gasteiger partial charge in [0.2, 0.25) is 0 Å². The van der Waals surface area contributed by atoms with Crippen LogP contribution in [0.1, 0.15) is 26.7 Å². The molecule has 7 atom stereocenters. The molecule has 0 N–H and O–H groups in total. The fourth-order valence-corrected chi connectivity index (χ4v) is 6.37. The maximum Gasteiger partial charge on any atom is 0.334 e. The van der Waals surface area contributed by atoms with Gasteiger partial charge in [-0.3, -0.25) is 4.84 Å². The first-order valence-corrected chi connectivity index (χ1v) is 9.46. The predicted molar refractivity (Wildman–Crippen MR) is 91.5 cm³/mol. The Hall–Kier alpha value is -1.66. The average Bonchev–Trinajstić information content (AvgIpc) is 3.10. The van der Waals surface area contributed by atoms with E-state index < -0.39 is 11.9 Å². The Morgan fingerprint density at radius 1 is 1.04 bits per heavy atom. The molecule has 0 radical (unpaired) electrons. The van der Waals surface area contributed by atoms with Gasteiger partial charge in [-0.1, -0.05) is 12.2 Å². The molecule has 6 nitrogen and oxygen atoms in total. The molecule has 3 fully saturated rings. The molecule has 6 heteroatoms. The summed E-state index contributed by atoms with van der Waals surface area (Å²) in [6.45, 7) is 4.46. The second-order valence-corrected chi connectivity index (χ2v) is 8.79. The van der Waals surface area contributed by atoms with Crippen molar-refractivity contribution in [3.63, 3.8) is 0 Å². The van der Waals surface area contributed by atoms with E-state index in [9.17, 15) is 9.59 Å². The number of esters is 2. The molecule has 140 valence electrons. The van der Waals surface area contributed by atoms with Crippen LogP contribution in [0.3, 0.4) is 0 Å². The highest BCUT2D eigenvalue weighted by Crippen LogP contribution is 2.66. The molecule has 2 aliphatic heterocycles. The van der Waals surface area contributed by atoms with E-state index in [2.05, 4.69) is 31.1 Å². The number of ether oxygens (including phenoxy) is 2. The fraction of sp³-hybridized carbons (Fsp3) is 0.700. The van der Waals surface area contributed by atoms with Crippen molar-refractivity contribution in [2.24, 2.45) is 29.6 Å². The number of allylic oxidation sites excluding steroid dienone is 2. The van der Waals surface area contributed by atoms with Crippen LogP contribution in [0.4, 0.5) is 0 Å². The topological polar surface area (TPSA) is 65.1 Å². The summed E-state index contributed by atoms with van der Waals surface area (Å²) in [4.78, 5) is 31.4. The summed E-state index contributed by atoms with van der Waals surface area (Å²) in [6.07, 6.45) is 6.54. The standard InChI is InChI=1S/C20H25NO5/c1-20(2)8-7-11-16-12-9-5-6-10(13(12)17(16)26-21(11)20)15(19(23)25-4)14(9)18(22)24-3/h5-6,9-13,16-17H,7-8H2,1-4H3. The van der Waals surface area contributed by atoms with Crippen LogP contribution in [0, 0.1) is 29.6 Å². The van der Waals surface area contributed by atoms with Gasteiger partial charge < -0.3 is 9.47 Å². The van der Waals surface area contributed by atoms with Gasteiger partial charge in [-0.25, -0.2) is 9.59 Å². The Bertz CT molecular complexity index is 753. The van der Waals surface area contributed by atoms with Crippen molar-refractivity contribution in [3.8, 4) is 0 Å². The van der Waals surface area contributed by atoms with Crippen LogP contribution < -0.4 is 0 Å². The lowest BCUT2D eigenvalue weighted by Crippen LogP contribution is -2.62. The molecule has 0 aromatic rings. The Morgan fingerprint density at radius 2 is 1.62 bits per heavy atom. The lowest BCUT2D eigenvalue weighted by atomic mass is 9.45. The van der Waals surface area contributed by atoms with Gasteiger partial charge in [0.15, 0.2) is 0 Å². The van der Waals surface area contributed by atoms with E-state index in [4.69, 9.17) is 14.3 Å². The van der Waals surface area contributed by atoms with Crippen LogP contribution in [0.2, 0.25) is 0 Å². The number of hydrogen-bond donors (Lipinski definition) is 0. The first-order chi connectivity index (χ1) is 12.4. The molecule has 0 amide bonds. The summed E-state index contributed by atoms with van der Waals surface area (Å²) in [7, 11) is 2.74. The van der Waals surface area contributed by atoms with E-state index in [0.717, 1.165) is 12.8 Å². The van der Waals surface area contributed by atoms with E-state index in [-0.39, 0.29) is 29.4 Å². The van der Waals surface area contributed by atoms with Crippen molar-refractivity contribution in [3.05, 3.63) is 23.3 Å². The molecule has 7 unspecified atom stereocenters. The van der Waals surface area contributed by atoms with Gasteiger partial charge in [0.25, 0.3) is 0 Å². The molecule has 1 saturated carbocycles. The first kappa shape index (κ1) is 16.5. The van der Waals surface area contributed by atoms with Crippen LogP contribution in [-0.2, 0) is 23.9 Å². The SMILES string of the molecule is COC(=O)C1=C(C(=O)OC)C2C=CC1C1C3ON4C(CCC4(C)C)C3C21. The minimum Gasteiger partial charge on any atom is -0.466 e. The highest BCUT2D eigenvalue weighted by atomic mass is 16.7. The van der Waals surface area contributed by atoms with E-state index >= 15 is 0 Å². The van der Waals surface area contributed by atoms with E-state index in [1.807, 2.05) is 0 Å². The molecule has 0 aromatic carbocycles. The van der Waals surface area contributed by atoms with Gasteiger partial charge in [0.1, 0.15) is 0 Å². The van der Waals surface area contributed by atoms with E-state index in [0.29, 0.717) is 29.0 Å². The number of carbonyl (C=O) groups excluding carboxylic acids is 2. The highest BCUT2D eigenvalue weighted by Gasteiger charge is 2.70. The molecule has 6 aliphatic rings. The van der Waals surface area contributed by atoms with Gasteiger partial charge in [0.05, 0.1) is 31.5 Å². The Labute approximate surface area is 153 Å². The minimum atomic E-state index is -0.425. The Balaban J connectivity index is 1.56. The lowest BCUT2D eigenvalue weighted by molar-refractivity contribution is -0.234. The Morgan fingerprint density at radius 3 is 2.19 bits per heavy atom. The molecule has 6 rings (SSSR count). The molecule has 2 bridgehead atoms. The number of rotatable bonds is 2. The lowest BCUT2D eigenvalue weighted by Gasteiger charge is -2.59. The van der Waals surface area contributed by atoms with Crippen molar-refractivity contribution in [2.75, 3.05) is 14.2 Å². The third-order valence-electron chi connectivity index (χ3n) is 7.40. The van der Waals surface area contributed by atoms with Crippen molar-refractivity contribution < 1.29 is 23.9 Å². The highest BCUT2D eigenvalue weighted by molar-refractivity contribution is 6.02. The Kier molecular flexibility index (Phi) is 3.30. The van der Waals surface area contributed by atoms with Crippen LogP contribution in [-0.4, -0.2) is 48.9 Å². The minimum absolute atomic E-state index is 0.0431. The van der Waals surface area contributed by atoms with Crippen LogP contribution in [0.25, 0.3) is 0 Å². The quantitative estimate of drug-likeness (QED) is 0.554. The predicted octanol–water partition coefficient (Wildman–Crippen LogP) is 1.86. The van der Waals surface area contributed by atoms with Crippen LogP contribution in [0.5, 0.6) is 0 Å². The number of hydroxylamine groups is 2. The van der Waals surface area contributed by atoms with E-state index in [1.165, 1.54) is 14.2 Å². The third-order valence-corrected chi connectivity index (χ3v) is 7.40. The monoisotopic (exact) mass is 359 g/mol. The van der Waals surface area contributed by atoms with Gasteiger partial charge in [-0.15, -0.1) is 0 Å². The zero-order valence-electron chi connectivity index (χ0n) is 15.6. The number of nitrogens with zero attached hydrogens (tertiary/aromatic N) is 1. The molecule has 0 spiro atoms. The van der Waals surface area contributed by atoms with Gasteiger partial charge >= 0.3 is 11.9 Å². The number of fused-ring (bicyclic) bond motifs is 3. The van der Waals surface area contributed by atoms with Crippen LogP contribution >= 0.6 is 0 Å². The molecule has 0 aromatic heterocycles. The van der Waals surface area contributed by atoms with Crippen molar-refractivity contribution in [1.82, 2.24) is 5.06 Å². The zero-order valence-corrected chi connectivity index (χ0v) is 15.6. The smallest absolute Gasteiger partial charge is 0.334 e. The molecule has 2 heterocycles. The summed E-state index contributed by atoms with van der Waals surface area (Å²) in [5, 5.41) is 2.20. The summed E-state index contributed by atoms with van der Waals surface area (Å²) in [6, 6.07) is 0.407. The van der Waals surface area contributed by atoms with Gasteiger partial charge in [-0.05, 0) is 32.6 Å². The van der Waals surface area contributed by atoms with Crippen molar-refractivity contribution in [1.29, 1.82) is 0 Å². The van der Waals surface area contributed by atoms with Gasteiger partial charge in [-0.2, -0.15) is 5.06 Å². The maximum atomic E-state index is 12.5. The summed E-state index contributed by atoms with van der Waals surface area (Å²) in [5.74, 6) is -0.0611. The third kappa shape index (κ3) is 1.79. The molecular formula is C20H25NO5. The molecule has 26 heavy (non-hydrogen) atoms. The first-order valence-electron chi connectivity index (χ1n) is 9.46. The second-order valence-electron chi connectivity index (χ2n) is 8.79. The summed E-state index contributed by atoms with van der Waals surface area (Å²) >= 11 is 0. The fourth-order valence-electron chi connectivity index (χ4n) is 6.37. The maximum absolute atomic E-state index is 12.5.